The average molecular weight is 451 g/mol. The first-order valence-corrected chi connectivity index (χ1v) is 12.0. The van der Waals surface area contributed by atoms with Crippen LogP contribution in [0.1, 0.15) is 13.8 Å². The number of benzene rings is 3. The molecular formula is C26H18N4O2S. The molecule has 33 heavy (non-hydrogen) atoms. The third-order valence-electron chi connectivity index (χ3n) is 6.96. The first-order valence-electron chi connectivity index (χ1n) is 11.2. The Morgan fingerprint density at radius 2 is 1.12 bits per heavy atom. The number of furan rings is 2. The van der Waals surface area contributed by atoms with Gasteiger partial charge < -0.3 is 18.0 Å². The number of hydrogen-bond acceptors (Lipinski definition) is 5. The summed E-state index contributed by atoms with van der Waals surface area (Å²) in [5.41, 5.74) is 9.86. The maximum absolute atomic E-state index is 6.46. The molecule has 0 fully saturated rings. The highest BCUT2D eigenvalue weighted by molar-refractivity contribution is 7.00. The molecule has 160 valence electrons. The normalized spacial score (nSPS) is 12.8. The van der Waals surface area contributed by atoms with E-state index < -0.39 is 0 Å². The van der Waals surface area contributed by atoms with E-state index in [1.54, 1.807) is 0 Å². The SMILES string of the molecule is CCn1c2c3ccccc3oc2c2c3nsnc3c3c4oc5ccccc5c4n(CC)c3c21. The highest BCUT2D eigenvalue weighted by Gasteiger charge is 2.29. The number of aryl methyl sites for hydroxylation is 2. The Balaban J connectivity index is 1.77. The van der Waals surface area contributed by atoms with Crippen molar-refractivity contribution in [3.63, 3.8) is 0 Å². The molecule has 0 spiro atoms. The minimum Gasteiger partial charge on any atom is -0.454 e. The van der Waals surface area contributed by atoms with Gasteiger partial charge in [-0.2, -0.15) is 8.75 Å². The minimum atomic E-state index is 0.818. The van der Waals surface area contributed by atoms with Gasteiger partial charge in [0.25, 0.3) is 0 Å². The van der Waals surface area contributed by atoms with Crippen LogP contribution >= 0.6 is 11.7 Å². The fourth-order valence-electron chi connectivity index (χ4n) is 5.73. The Morgan fingerprint density at radius 1 is 0.667 bits per heavy atom. The minimum absolute atomic E-state index is 0.818. The number of nitrogens with zero attached hydrogens (tertiary/aromatic N) is 4. The average Bonchev–Trinajstić information content (AvgIpc) is 3.62. The summed E-state index contributed by atoms with van der Waals surface area (Å²) in [6.45, 7) is 6.01. The lowest BCUT2D eigenvalue weighted by Gasteiger charge is -2.09. The van der Waals surface area contributed by atoms with E-state index >= 15 is 0 Å². The molecule has 0 N–H and O–H groups in total. The van der Waals surface area contributed by atoms with Crippen molar-refractivity contribution in [2.75, 3.05) is 0 Å². The van der Waals surface area contributed by atoms with Gasteiger partial charge >= 0.3 is 0 Å². The van der Waals surface area contributed by atoms with Crippen molar-refractivity contribution in [2.24, 2.45) is 0 Å². The van der Waals surface area contributed by atoms with Crippen LogP contribution < -0.4 is 0 Å². The van der Waals surface area contributed by atoms with Crippen molar-refractivity contribution in [1.82, 2.24) is 17.9 Å². The summed E-state index contributed by atoms with van der Waals surface area (Å²) in [5, 5.41) is 4.33. The molecule has 0 unspecified atom stereocenters. The van der Waals surface area contributed by atoms with E-state index in [0.29, 0.717) is 0 Å². The topological polar surface area (TPSA) is 61.9 Å². The Morgan fingerprint density at radius 3 is 1.58 bits per heavy atom. The van der Waals surface area contributed by atoms with E-state index in [9.17, 15) is 0 Å². The molecule has 0 bridgehead atoms. The van der Waals surface area contributed by atoms with Crippen LogP contribution in [-0.2, 0) is 13.1 Å². The monoisotopic (exact) mass is 450 g/mol. The van der Waals surface area contributed by atoms with Gasteiger partial charge in [0.1, 0.15) is 22.2 Å². The highest BCUT2D eigenvalue weighted by atomic mass is 32.1. The van der Waals surface area contributed by atoms with Crippen molar-refractivity contribution in [1.29, 1.82) is 0 Å². The van der Waals surface area contributed by atoms with Crippen LogP contribution in [0.4, 0.5) is 0 Å². The lowest BCUT2D eigenvalue weighted by Crippen LogP contribution is -1.99. The molecule has 0 aliphatic carbocycles. The molecule has 0 amide bonds. The lowest BCUT2D eigenvalue weighted by molar-refractivity contribution is 0.671. The predicted molar refractivity (Wildman–Crippen MR) is 134 cm³/mol. The lowest BCUT2D eigenvalue weighted by atomic mass is 10.1. The molecule has 0 saturated carbocycles. The fourth-order valence-corrected chi connectivity index (χ4v) is 6.29. The van der Waals surface area contributed by atoms with E-state index in [-0.39, 0.29) is 0 Å². The first kappa shape index (κ1) is 17.7. The standard InChI is InChI=1S/C26H18N4O2S/c1-3-29-21-13-9-5-7-11-15(13)31-25(21)17-19-20(28-33-27-19)18-24(23(17)29)30(4-2)22-14-10-6-8-12-16(14)32-26(18)22/h5-12H,3-4H2,1-2H3. The highest BCUT2D eigenvalue weighted by Crippen LogP contribution is 2.47. The van der Waals surface area contributed by atoms with Gasteiger partial charge in [0.15, 0.2) is 11.2 Å². The van der Waals surface area contributed by atoms with Gasteiger partial charge in [0.2, 0.25) is 0 Å². The molecule has 0 saturated heterocycles. The number of para-hydroxylation sites is 2. The second-order valence-corrected chi connectivity index (χ2v) is 8.98. The van der Waals surface area contributed by atoms with E-state index in [1.165, 1.54) is 11.7 Å². The summed E-state index contributed by atoms with van der Waals surface area (Å²) in [6, 6.07) is 16.5. The predicted octanol–water partition coefficient (Wildman–Crippen LogP) is 7.44. The summed E-state index contributed by atoms with van der Waals surface area (Å²) in [6.07, 6.45) is 0. The van der Waals surface area contributed by atoms with Crippen molar-refractivity contribution in [2.45, 2.75) is 26.9 Å². The maximum atomic E-state index is 6.46. The molecule has 5 aromatic heterocycles. The quantitative estimate of drug-likeness (QED) is 0.275. The van der Waals surface area contributed by atoms with Crippen LogP contribution in [-0.4, -0.2) is 17.9 Å². The molecule has 0 aliphatic rings. The molecule has 8 aromatic rings. The summed E-state index contributed by atoms with van der Waals surface area (Å²) in [5.74, 6) is 0. The molecule has 6 nitrogen and oxygen atoms in total. The second kappa shape index (κ2) is 5.94. The summed E-state index contributed by atoms with van der Waals surface area (Å²) >= 11 is 1.25. The van der Waals surface area contributed by atoms with Crippen LogP contribution in [0.5, 0.6) is 0 Å². The number of fused-ring (bicyclic) bond motifs is 14. The van der Waals surface area contributed by atoms with Gasteiger partial charge in [0, 0.05) is 23.9 Å². The second-order valence-electron chi connectivity index (χ2n) is 8.45. The molecule has 0 atom stereocenters. The van der Waals surface area contributed by atoms with Gasteiger partial charge in [0.05, 0.1) is 44.6 Å². The van der Waals surface area contributed by atoms with Crippen molar-refractivity contribution < 1.29 is 8.83 Å². The Kier molecular flexibility index (Phi) is 3.18. The number of rotatable bonds is 2. The zero-order valence-electron chi connectivity index (χ0n) is 18.0. The Labute approximate surface area is 190 Å². The van der Waals surface area contributed by atoms with Crippen molar-refractivity contribution >= 4 is 88.7 Å². The molecule has 7 heteroatoms. The zero-order chi connectivity index (χ0) is 21.8. The van der Waals surface area contributed by atoms with E-state index in [2.05, 4.69) is 47.2 Å². The van der Waals surface area contributed by atoms with E-state index in [4.69, 9.17) is 17.6 Å². The van der Waals surface area contributed by atoms with Gasteiger partial charge in [-0.3, -0.25) is 0 Å². The van der Waals surface area contributed by atoms with Gasteiger partial charge in [-0.25, -0.2) is 0 Å². The van der Waals surface area contributed by atoms with Crippen LogP contribution in [0.2, 0.25) is 0 Å². The summed E-state index contributed by atoms with van der Waals surface area (Å²) in [4.78, 5) is 0. The largest absolute Gasteiger partial charge is 0.454 e. The number of aromatic nitrogens is 4. The molecule has 3 aromatic carbocycles. The van der Waals surface area contributed by atoms with Gasteiger partial charge in [-0.15, -0.1) is 0 Å². The van der Waals surface area contributed by atoms with E-state index in [0.717, 1.165) is 90.1 Å². The smallest absolute Gasteiger partial charge is 0.163 e. The maximum Gasteiger partial charge on any atom is 0.163 e. The third kappa shape index (κ3) is 1.92. The van der Waals surface area contributed by atoms with Gasteiger partial charge in [-0.05, 0) is 38.1 Å². The molecule has 0 aliphatic heterocycles. The zero-order valence-corrected chi connectivity index (χ0v) is 18.9. The summed E-state index contributed by atoms with van der Waals surface area (Å²) in [7, 11) is 0. The third-order valence-corrected chi connectivity index (χ3v) is 7.49. The molecule has 0 radical (unpaired) electrons. The van der Waals surface area contributed by atoms with Crippen LogP contribution in [0, 0.1) is 0 Å². The fraction of sp³-hybridized carbons (Fsp3) is 0.154. The first-order chi connectivity index (χ1) is 16.3. The van der Waals surface area contributed by atoms with E-state index in [1.807, 2.05) is 24.3 Å². The van der Waals surface area contributed by atoms with Crippen LogP contribution in [0.25, 0.3) is 77.0 Å². The molecular weight excluding hydrogens is 432 g/mol. The molecule has 5 heterocycles. The van der Waals surface area contributed by atoms with Gasteiger partial charge in [-0.1, -0.05) is 24.3 Å². The van der Waals surface area contributed by atoms with Crippen molar-refractivity contribution in [3.8, 4) is 0 Å². The van der Waals surface area contributed by atoms with Crippen LogP contribution in [0.3, 0.4) is 0 Å². The number of hydrogen-bond donors (Lipinski definition) is 0. The summed E-state index contributed by atoms with van der Waals surface area (Å²) < 4.78 is 27.2. The Bertz CT molecular complexity index is 1920. The van der Waals surface area contributed by atoms with Crippen molar-refractivity contribution in [3.05, 3.63) is 48.5 Å². The molecule has 8 rings (SSSR count). The van der Waals surface area contributed by atoms with Crippen LogP contribution in [0.15, 0.2) is 57.4 Å². The Hall–Kier alpha value is -3.84.